The number of esters is 1. The van der Waals surface area contributed by atoms with Gasteiger partial charge in [-0.15, -0.1) is 0 Å². The summed E-state index contributed by atoms with van der Waals surface area (Å²) in [5.74, 6) is -3.35. The number of rotatable bonds is 6. The van der Waals surface area contributed by atoms with Gasteiger partial charge in [0, 0.05) is 22.5 Å². The molecule has 0 fully saturated rings. The monoisotopic (exact) mass is 445 g/mol. The summed E-state index contributed by atoms with van der Waals surface area (Å²) in [6.45, 7) is 4.27. The average Bonchev–Trinajstić information content (AvgIpc) is 2.74. The molecule has 0 atom stereocenters. The van der Waals surface area contributed by atoms with Crippen molar-refractivity contribution < 1.29 is 27.4 Å². The topological polar surface area (TPSA) is 57.5 Å². The first-order chi connectivity index (χ1) is 15.2. The summed E-state index contributed by atoms with van der Waals surface area (Å²) in [5.41, 5.74) is -1.15. The molecule has 5 nitrogen and oxygen atoms in total. The normalized spacial score (nSPS) is 10.8. The molecule has 0 N–H and O–H groups in total. The summed E-state index contributed by atoms with van der Waals surface area (Å²) in [6.07, 6.45) is 0. The number of benzene rings is 2. The lowest BCUT2D eigenvalue weighted by Gasteiger charge is -2.21. The second-order valence-electron chi connectivity index (χ2n) is 7.08. The van der Waals surface area contributed by atoms with Gasteiger partial charge in [-0.3, -0.25) is 4.79 Å². The van der Waals surface area contributed by atoms with Crippen LogP contribution in [0.1, 0.15) is 34.2 Å². The number of pyridine rings is 1. The van der Waals surface area contributed by atoms with Crippen molar-refractivity contribution in [3.05, 3.63) is 86.6 Å². The zero-order valence-corrected chi connectivity index (χ0v) is 18.1. The Balaban J connectivity index is 2.38. The molecule has 0 radical (unpaired) electrons. The maximum absolute atomic E-state index is 15.1. The molecule has 3 rings (SSSR count). The van der Waals surface area contributed by atoms with E-state index < -0.39 is 28.8 Å². The van der Waals surface area contributed by atoms with Gasteiger partial charge < -0.3 is 14.0 Å². The van der Waals surface area contributed by atoms with Crippen LogP contribution in [0.25, 0.3) is 11.1 Å². The first kappa shape index (κ1) is 23.1. The van der Waals surface area contributed by atoms with Gasteiger partial charge in [0.05, 0.1) is 25.8 Å². The SMILES string of the molecule is CCOC(=O)c1c(C)n(Cc2c(F)cccc2F)c(C)c(-c2cccc(OC)c2F)c1=O. The molecule has 0 amide bonds. The van der Waals surface area contributed by atoms with E-state index in [0.29, 0.717) is 0 Å². The Labute approximate surface area is 183 Å². The molecule has 1 aromatic heterocycles. The highest BCUT2D eigenvalue weighted by Gasteiger charge is 2.27. The van der Waals surface area contributed by atoms with Crippen molar-refractivity contribution in [1.29, 1.82) is 0 Å². The summed E-state index contributed by atoms with van der Waals surface area (Å²) in [6, 6.07) is 7.73. The Morgan fingerprint density at radius 3 is 2.22 bits per heavy atom. The number of aromatic nitrogens is 1. The molecule has 0 aliphatic heterocycles. The maximum atomic E-state index is 15.1. The third-order valence-electron chi connectivity index (χ3n) is 5.30. The van der Waals surface area contributed by atoms with Gasteiger partial charge in [0.25, 0.3) is 0 Å². The Morgan fingerprint density at radius 2 is 1.62 bits per heavy atom. The van der Waals surface area contributed by atoms with Crippen LogP contribution in [0, 0.1) is 31.3 Å². The largest absolute Gasteiger partial charge is 0.494 e. The van der Waals surface area contributed by atoms with E-state index in [1.807, 2.05) is 0 Å². The fraction of sp³-hybridized carbons (Fsp3) is 0.250. The number of methoxy groups -OCH3 is 1. The van der Waals surface area contributed by atoms with Crippen LogP contribution in [0.3, 0.4) is 0 Å². The highest BCUT2D eigenvalue weighted by molar-refractivity contribution is 5.92. The van der Waals surface area contributed by atoms with Crippen molar-refractivity contribution in [3.8, 4) is 16.9 Å². The number of hydrogen-bond acceptors (Lipinski definition) is 4. The fourth-order valence-electron chi connectivity index (χ4n) is 3.68. The van der Waals surface area contributed by atoms with Crippen molar-refractivity contribution in [1.82, 2.24) is 4.57 Å². The van der Waals surface area contributed by atoms with Crippen LogP contribution >= 0.6 is 0 Å². The molecule has 168 valence electrons. The van der Waals surface area contributed by atoms with Gasteiger partial charge in [0.1, 0.15) is 17.2 Å². The summed E-state index contributed by atoms with van der Waals surface area (Å²) in [4.78, 5) is 26.0. The number of ether oxygens (including phenoxy) is 2. The first-order valence-electron chi connectivity index (χ1n) is 9.89. The molecule has 8 heteroatoms. The van der Waals surface area contributed by atoms with Crippen LogP contribution in [0.2, 0.25) is 0 Å². The van der Waals surface area contributed by atoms with Gasteiger partial charge in [-0.2, -0.15) is 0 Å². The lowest BCUT2D eigenvalue weighted by molar-refractivity contribution is 0.0523. The predicted molar refractivity (Wildman–Crippen MR) is 114 cm³/mol. The van der Waals surface area contributed by atoms with E-state index in [-0.39, 0.29) is 52.5 Å². The molecule has 1 heterocycles. The number of hydrogen-bond donors (Lipinski definition) is 0. The van der Waals surface area contributed by atoms with Crippen molar-refractivity contribution in [2.45, 2.75) is 27.3 Å². The van der Waals surface area contributed by atoms with Crippen LogP contribution in [0.15, 0.2) is 41.2 Å². The van der Waals surface area contributed by atoms with Gasteiger partial charge >= 0.3 is 5.97 Å². The maximum Gasteiger partial charge on any atom is 0.343 e. The fourth-order valence-corrected chi connectivity index (χ4v) is 3.68. The molecular formula is C24H22F3NO4. The van der Waals surface area contributed by atoms with E-state index in [0.717, 1.165) is 12.1 Å². The zero-order chi connectivity index (χ0) is 23.6. The summed E-state index contributed by atoms with van der Waals surface area (Å²) in [7, 11) is 1.29. The summed E-state index contributed by atoms with van der Waals surface area (Å²) in [5, 5.41) is 0. The minimum atomic E-state index is -0.901. The van der Waals surface area contributed by atoms with Crippen molar-refractivity contribution in [2.24, 2.45) is 0 Å². The van der Waals surface area contributed by atoms with E-state index in [9.17, 15) is 18.4 Å². The van der Waals surface area contributed by atoms with Crippen molar-refractivity contribution >= 4 is 5.97 Å². The minimum Gasteiger partial charge on any atom is -0.494 e. The molecule has 0 saturated carbocycles. The standard InChI is InChI=1S/C24H22F3NO4/c1-5-32-24(30)21-14(3)28(12-16-17(25)9-7-10-18(16)26)13(2)20(23(21)29)15-8-6-11-19(31-4)22(15)27/h6-11H,5,12H2,1-4H3. The number of carbonyl (C=O) groups excluding carboxylic acids is 1. The Bertz CT molecular complexity index is 1230. The molecule has 0 spiro atoms. The number of carbonyl (C=O) groups is 1. The Kier molecular flexibility index (Phi) is 6.72. The van der Waals surface area contributed by atoms with Gasteiger partial charge in [0.2, 0.25) is 5.43 Å². The van der Waals surface area contributed by atoms with Crippen LogP contribution in [0.4, 0.5) is 13.2 Å². The van der Waals surface area contributed by atoms with Crippen LogP contribution < -0.4 is 10.2 Å². The highest BCUT2D eigenvalue weighted by Crippen LogP contribution is 2.31. The van der Waals surface area contributed by atoms with Gasteiger partial charge in [-0.25, -0.2) is 18.0 Å². The van der Waals surface area contributed by atoms with E-state index in [2.05, 4.69) is 0 Å². The van der Waals surface area contributed by atoms with Gasteiger partial charge in [-0.1, -0.05) is 18.2 Å². The third-order valence-corrected chi connectivity index (χ3v) is 5.30. The first-order valence-corrected chi connectivity index (χ1v) is 9.89. The van der Waals surface area contributed by atoms with E-state index >= 15 is 4.39 Å². The number of halogens is 3. The van der Waals surface area contributed by atoms with Crippen molar-refractivity contribution in [3.63, 3.8) is 0 Å². The highest BCUT2D eigenvalue weighted by atomic mass is 19.1. The van der Waals surface area contributed by atoms with Gasteiger partial charge in [0.15, 0.2) is 11.6 Å². The molecule has 2 aromatic carbocycles. The molecule has 0 aliphatic rings. The van der Waals surface area contributed by atoms with E-state index in [1.54, 1.807) is 6.92 Å². The average molecular weight is 445 g/mol. The Morgan fingerprint density at radius 1 is 1.00 bits per heavy atom. The number of nitrogens with zero attached hydrogens (tertiary/aromatic N) is 1. The molecule has 0 unspecified atom stereocenters. The molecule has 3 aromatic rings. The van der Waals surface area contributed by atoms with Crippen molar-refractivity contribution in [2.75, 3.05) is 13.7 Å². The summed E-state index contributed by atoms with van der Waals surface area (Å²) >= 11 is 0. The van der Waals surface area contributed by atoms with E-state index in [4.69, 9.17) is 9.47 Å². The molecular weight excluding hydrogens is 423 g/mol. The Hall–Kier alpha value is -3.55. The third kappa shape index (κ3) is 4.00. The second-order valence-corrected chi connectivity index (χ2v) is 7.08. The van der Waals surface area contributed by atoms with Crippen LogP contribution in [-0.2, 0) is 11.3 Å². The van der Waals surface area contributed by atoms with Gasteiger partial charge in [-0.05, 0) is 39.0 Å². The molecule has 0 aliphatic carbocycles. The molecule has 0 bridgehead atoms. The quantitative estimate of drug-likeness (QED) is 0.513. The minimum absolute atomic E-state index is 0.0103. The smallest absolute Gasteiger partial charge is 0.343 e. The van der Waals surface area contributed by atoms with Crippen LogP contribution in [0.5, 0.6) is 5.75 Å². The molecule has 32 heavy (non-hydrogen) atoms. The summed E-state index contributed by atoms with van der Waals surface area (Å²) < 4.78 is 55.2. The van der Waals surface area contributed by atoms with Crippen LogP contribution in [-0.4, -0.2) is 24.3 Å². The predicted octanol–water partition coefficient (Wildman–Crippen LogP) is 4.78. The lowest BCUT2D eigenvalue weighted by atomic mass is 9.98. The lowest BCUT2D eigenvalue weighted by Crippen LogP contribution is -2.28. The van der Waals surface area contributed by atoms with E-state index in [1.165, 1.54) is 49.8 Å². The zero-order valence-electron chi connectivity index (χ0n) is 18.1. The molecule has 0 saturated heterocycles. The second kappa shape index (κ2) is 9.30.